The summed E-state index contributed by atoms with van der Waals surface area (Å²) in [6.45, 7) is 0.155. The maximum atomic E-state index is 12.4. The number of nitrogens with one attached hydrogen (secondary N) is 2. The van der Waals surface area contributed by atoms with Crippen LogP contribution in [-0.2, 0) is 9.59 Å². The fourth-order valence-electron chi connectivity index (χ4n) is 2.05. The van der Waals surface area contributed by atoms with Crippen LogP contribution < -0.4 is 10.6 Å². The molecule has 1 aromatic carbocycles. The summed E-state index contributed by atoms with van der Waals surface area (Å²) in [4.78, 5) is 35.3. The molecule has 26 heavy (non-hydrogen) atoms. The number of benzene rings is 1. The molecule has 2 aromatic rings. The fraction of sp³-hybridized carbons (Fsp3) is 0.167. The lowest BCUT2D eigenvalue weighted by Gasteiger charge is -2.11. The highest BCUT2D eigenvalue weighted by Crippen LogP contribution is 2.15. The predicted octanol–water partition coefficient (Wildman–Crippen LogP) is 2.68. The highest BCUT2D eigenvalue weighted by molar-refractivity contribution is 6.34. The van der Waals surface area contributed by atoms with Gasteiger partial charge in [-0.3, -0.25) is 14.4 Å². The molecule has 0 unspecified atom stereocenters. The first kappa shape index (κ1) is 19.3. The van der Waals surface area contributed by atoms with E-state index in [2.05, 4.69) is 10.6 Å². The molecule has 0 saturated carbocycles. The largest absolute Gasteiger partial charge is 0.481 e. The molecule has 7 nitrogen and oxygen atoms in total. The van der Waals surface area contributed by atoms with Crippen molar-refractivity contribution in [2.75, 3.05) is 6.54 Å². The van der Waals surface area contributed by atoms with Gasteiger partial charge < -0.3 is 20.2 Å². The van der Waals surface area contributed by atoms with Gasteiger partial charge in [0.05, 0.1) is 16.8 Å². The molecule has 136 valence electrons. The van der Waals surface area contributed by atoms with Crippen molar-refractivity contribution in [3.05, 3.63) is 64.7 Å². The monoisotopic (exact) mass is 376 g/mol. The molecule has 0 bridgehead atoms. The third-order valence-corrected chi connectivity index (χ3v) is 3.62. The van der Waals surface area contributed by atoms with E-state index in [1.807, 2.05) is 0 Å². The van der Waals surface area contributed by atoms with Crippen LogP contribution in [0.4, 0.5) is 0 Å². The number of furan rings is 1. The van der Waals surface area contributed by atoms with Gasteiger partial charge in [-0.25, -0.2) is 0 Å². The third-order valence-electron chi connectivity index (χ3n) is 3.29. The van der Waals surface area contributed by atoms with Crippen LogP contribution in [0.2, 0.25) is 5.02 Å². The summed E-state index contributed by atoms with van der Waals surface area (Å²) in [6, 6.07) is 9.71. The van der Waals surface area contributed by atoms with Crippen molar-refractivity contribution in [3.8, 4) is 0 Å². The summed E-state index contributed by atoms with van der Waals surface area (Å²) in [5.74, 6) is -1.68. The number of aliphatic carboxylic acids is 1. The van der Waals surface area contributed by atoms with E-state index in [9.17, 15) is 14.4 Å². The molecule has 0 aliphatic rings. The van der Waals surface area contributed by atoms with E-state index >= 15 is 0 Å². The Morgan fingerprint density at radius 2 is 1.92 bits per heavy atom. The van der Waals surface area contributed by atoms with Gasteiger partial charge in [0, 0.05) is 19.0 Å². The standard InChI is InChI=1S/C18H17ClN2O5/c19-14-7-2-1-6-13(14)17(24)21-15(11-12-5-4-10-26-12)18(25)20-9-3-8-16(22)23/h1-2,4-7,10-11H,3,8-9H2,(H,20,25)(H,21,24)(H,22,23)/b15-11+. The number of carbonyl (C=O) groups is 3. The molecule has 3 N–H and O–H groups in total. The van der Waals surface area contributed by atoms with E-state index < -0.39 is 17.8 Å². The minimum atomic E-state index is -0.947. The first-order valence-corrected chi connectivity index (χ1v) is 8.16. The molecule has 8 heteroatoms. The second-order valence-electron chi connectivity index (χ2n) is 5.26. The summed E-state index contributed by atoms with van der Waals surface area (Å²) in [5, 5.41) is 14.0. The normalized spacial score (nSPS) is 11.0. The zero-order valence-electron chi connectivity index (χ0n) is 13.7. The second kappa shape index (κ2) is 9.43. The van der Waals surface area contributed by atoms with Gasteiger partial charge in [-0.05, 0) is 30.7 Å². The lowest BCUT2D eigenvalue weighted by Crippen LogP contribution is -2.35. The molecule has 0 radical (unpaired) electrons. The second-order valence-corrected chi connectivity index (χ2v) is 5.67. The average molecular weight is 377 g/mol. The SMILES string of the molecule is O=C(O)CCCNC(=O)/C(=C\c1ccco1)NC(=O)c1ccccc1Cl. The molecule has 1 aromatic heterocycles. The number of carbonyl (C=O) groups excluding carboxylic acids is 2. The van der Waals surface area contributed by atoms with Gasteiger partial charge in [0.1, 0.15) is 11.5 Å². The van der Waals surface area contributed by atoms with Crippen molar-refractivity contribution in [2.24, 2.45) is 0 Å². The minimum absolute atomic E-state index is 0.0415. The molecule has 0 aliphatic carbocycles. The van der Waals surface area contributed by atoms with Crippen molar-refractivity contribution in [1.82, 2.24) is 10.6 Å². The number of carboxylic acids is 1. The molecular formula is C18H17ClN2O5. The smallest absolute Gasteiger partial charge is 0.303 e. The fourth-order valence-corrected chi connectivity index (χ4v) is 2.27. The minimum Gasteiger partial charge on any atom is -0.481 e. The molecule has 0 aliphatic heterocycles. The first-order chi connectivity index (χ1) is 12.5. The van der Waals surface area contributed by atoms with Crippen LogP contribution in [0.25, 0.3) is 6.08 Å². The molecule has 0 atom stereocenters. The lowest BCUT2D eigenvalue weighted by molar-refractivity contribution is -0.137. The first-order valence-electron chi connectivity index (χ1n) is 7.78. The molecule has 1 heterocycles. The van der Waals surface area contributed by atoms with Crippen molar-refractivity contribution in [2.45, 2.75) is 12.8 Å². The zero-order chi connectivity index (χ0) is 18.9. The summed E-state index contributed by atoms with van der Waals surface area (Å²) in [7, 11) is 0. The number of rotatable bonds is 8. The number of hydrogen-bond acceptors (Lipinski definition) is 4. The number of amides is 2. The zero-order valence-corrected chi connectivity index (χ0v) is 14.5. The summed E-state index contributed by atoms with van der Waals surface area (Å²) >= 11 is 6.00. The number of hydrogen-bond donors (Lipinski definition) is 3. The predicted molar refractivity (Wildman–Crippen MR) is 95.5 cm³/mol. The summed E-state index contributed by atoms with van der Waals surface area (Å²) in [6.07, 6.45) is 3.02. The summed E-state index contributed by atoms with van der Waals surface area (Å²) in [5.41, 5.74) is 0.179. The van der Waals surface area contributed by atoms with Crippen molar-refractivity contribution >= 4 is 35.5 Å². The maximum absolute atomic E-state index is 12.4. The average Bonchev–Trinajstić information content (AvgIpc) is 3.11. The van der Waals surface area contributed by atoms with E-state index in [1.165, 1.54) is 18.4 Å². The molecule has 0 spiro atoms. The van der Waals surface area contributed by atoms with Gasteiger partial charge in [0.15, 0.2) is 0 Å². The van der Waals surface area contributed by atoms with Gasteiger partial charge in [0.2, 0.25) is 0 Å². The van der Waals surface area contributed by atoms with Crippen LogP contribution >= 0.6 is 11.6 Å². The van der Waals surface area contributed by atoms with Gasteiger partial charge >= 0.3 is 5.97 Å². The number of halogens is 1. The van der Waals surface area contributed by atoms with E-state index in [-0.39, 0.29) is 35.7 Å². The van der Waals surface area contributed by atoms with Crippen molar-refractivity contribution < 1.29 is 23.9 Å². The topological polar surface area (TPSA) is 109 Å². The maximum Gasteiger partial charge on any atom is 0.303 e. The Morgan fingerprint density at radius 3 is 2.58 bits per heavy atom. The van der Waals surface area contributed by atoms with Crippen LogP contribution in [-0.4, -0.2) is 29.4 Å². The van der Waals surface area contributed by atoms with Gasteiger partial charge in [-0.2, -0.15) is 0 Å². The highest BCUT2D eigenvalue weighted by atomic mass is 35.5. The van der Waals surface area contributed by atoms with Crippen molar-refractivity contribution in [3.63, 3.8) is 0 Å². The quantitative estimate of drug-likeness (QED) is 0.485. The Labute approximate surface area is 154 Å². The van der Waals surface area contributed by atoms with E-state index in [4.69, 9.17) is 21.1 Å². The van der Waals surface area contributed by atoms with E-state index in [0.29, 0.717) is 5.76 Å². The van der Waals surface area contributed by atoms with Gasteiger partial charge in [-0.15, -0.1) is 0 Å². The molecule has 2 rings (SSSR count). The Morgan fingerprint density at radius 1 is 1.15 bits per heavy atom. The Hall–Kier alpha value is -3.06. The molecular weight excluding hydrogens is 360 g/mol. The van der Waals surface area contributed by atoms with Crippen LogP contribution in [0.1, 0.15) is 29.0 Å². The summed E-state index contributed by atoms with van der Waals surface area (Å²) < 4.78 is 5.17. The van der Waals surface area contributed by atoms with Crippen LogP contribution in [0.15, 0.2) is 52.8 Å². The molecule has 0 saturated heterocycles. The van der Waals surface area contributed by atoms with Crippen LogP contribution in [0, 0.1) is 0 Å². The van der Waals surface area contributed by atoms with Crippen LogP contribution in [0.5, 0.6) is 0 Å². The Kier molecular flexibility index (Phi) is 6.99. The van der Waals surface area contributed by atoms with Crippen molar-refractivity contribution in [1.29, 1.82) is 0 Å². The van der Waals surface area contributed by atoms with E-state index in [1.54, 1.807) is 30.3 Å². The Bertz CT molecular complexity index is 815. The van der Waals surface area contributed by atoms with Gasteiger partial charge in [-0.1, -0.05) is 23.7 Å². The third kappa shape index (κ3) is 5.78. The van der Waals surface area contributed by atoms with Gasteiger partial charge in [0.25, 0.3) is 11.8 Å². The van der Waals surface area contributed by atoms with E-state index in [0.717, 1.165) is 0 Å². The highest BCUT2D eigenvalue weighted by Gasteiger charge is 2.16. The van der Waals surface area contributed by atoms with Crippen LogP contribution in [0.3, 0.4) is 0 Å². The molecule has 2 amide bonds. The molecule has 0 fully saturated rings. The Balaban J connectivity index is 2.11. The number of carboxylic acid groups (broad SMARTS) is 1. The lowest BCUT2D eigenvalue weighted by atomic mass is 10.2.